The number of carbonyl (C=O) groups is 3. The minimum absolute atomic E-state index is 0.0261. The van der Waals surface area contributed by atoms with E-state index in [1.807, 2.05) is 18.2 Å². The van der Waals surface area contributed by atoms with E-state index in [-0.39, 0.29) is 12.1 Å². The number of pyridine rings is 1. The average molecular weight is 344 g/mol. The van der Waals surface area contributed by atoms with Crippen LogP contribution in [0.1, 0.15) is 23.8 Å². The van der Waals surface area contributed by atoms with E-state index in [9.17, 15) is 14.4 Å². The van der Waals surface area contributed by atoms with Crippen molar-refractivity contribution in [3.05, 3.63) is 42.1 Å². The van der Waals surface area contributed by atoms with E-state index < -0.39 is 29.8 Å². The molecule has 0 spiro atoms. The molecule has 1 amide bonds. The summed E-state index contributed by atoms with van der Waals surface area (Å²) in [5, 5.41) is 3.50. The second-order valence-corrected chi connectivity index (χ2v) is 5.62. The van der Waals surface area contributed by atoms with Crippen molar-refractivity contribution < 1.29 is 23.9 Å². The number of benzene rings is 1. The fraction of sp³-hybridized carbons (Fsp3) is 0.333. The van der Waals surface area contributed by atoms with E-state index in [4.69, 9.17) is 4.74 Å². The molecule has 7 heteroatoms. The highest BCUT2D eigenvalue weighted by atomic mass is 16.5. The van der Waals surface area contributed by atoms with Crippen LogP contribution in [0.3, 0.4) is 0 Å². The third-order valence-corrected chi connectivity index (χ3v) is 3.86. The van der Waals surface area contributed by atoms with Crippen LogP contribution >= 0.6 is 0 Å². The number of amides is 1. The molecule has 1 aromatic heterocycles. The van der Waals surface area contributed by atoms with Crippen LogP contribution in [0.25, 0.3) is 10.9 Å². The first-order valence-corrected chi connectivity index (χ1v) is 7.77. The number of rotatable bonds is 6. The highest BCUT2D eigenvalue weighted by molar-refractivity contribution is 5.97. The maximum Gasteiger partial charge on any atom is 0.328 e. The van der Waals surface area contributed by atoms with Crippen LogP contribution in [0.15, 0.2) is 36.4 Å². The number of aromatic nitrogens is 1. The Labute approximate surface area is 145 Å². The van der Waals surface area contributed by atoms with E-state index >= 15 is 0 Å². The molecular formula is C18H20N2O5. The molecule has 0 bridgehead atoms. The molecule has 0 saturated heterocycles. The van der Waals surface area contributed by atoms with Gasteiger partial charge in [-0.15, -0.1) is 0 Å². The van der Waals surface area contributed by atoms with Crippen molar-refractivity contribution in [2.75, 3.05) is 14.2 Å². The van der Waals surface area contributed by atoms with Gasteiger partial charge in [0.05, 0.1) is 26.2 Å². The lowest BCUT2D eigenvalue weighted by Crippen LogP contribution is -2.46. The highest BCUT2D eigenvalue weighted by Crippen LogP contribution is 2.14. The first-order chi connectivity index (χ1) is 12.0. The number of hydrogen-bond donors (Lipinski definition) is 1. The third-order valence-electron chi connectivity index (χ3n) is 3.86. The molecule has 7 nitrogen and oxygen atoms in total. The number of nitrogens with zero attached hydrogens (tertiary/aromatic N) is 1. The van der Waals surface area contributed by atoms with Gasteiger partial charge in [0.1, 0.15) is 11.7 Å². The fourth-order valence-electron chi connectivity index (χ4n) is 2.43. The van der Waals surface area contributed by atoms with Crippen LogP contribution in [0.2, 0.25) is 0 Å². The molecule has 0 aliphatic carbocycles. The van der Waals surface area contributed by atoms with E-state index in [1.54, 1.807) is 25.1 Å². The summed E-state index contributed by atoms with van der Waals surface area (Å²) in [6, 6.07) is 9.77. The summed E-state index contributed by atoms with van der Waals surface area (Å²) in [4.78, 5) is 40.2. The zero-order chi connectivity index (χ0) is 18.4. The van der Waals surface area contributed by atoms with Gasteiger partial charge in [-0.2, -0.15) is 0 Å². The molecule has 0 fully saturated rings. The summed E-state index contributed by atoms with van der Waals surface area (Å²) >= 11 is 0. The minimum atomic E-state index is -0.982. The minimum Gasteiger partial charge on any atom is -0.469 e. The van der Waals surface area contributed by atoms with Crippen LogP contribution in [0.4, 0.5) is 0 Å². The molecule has 0 unspecified atom stereocenters. The first-order valence-electron chi connectivity index (χ1n) is 7.77. The Bertz CT molecular complexity index is 790. The standard InChI is InChI=1S/C18H20N2O5/c1-11(10-15(21)24-2)16(18(23)25-3)20-17(22)14-9-8-12-6-4-5-7-13(12)19-14/h4-9,11,16H,10H2,1-3H3,(H,20,22)/t11-,16-/m1/s1. The second-order valence-electron chi connectivity index (χ2n) is 5.62. The van der Waals surface area contributed by atoms with Gasteiger partial charge in [0.15, 0.2) is 0 Å². The van der Waals surface area contributed by atoms with Crippen molar-refractivity contribution in [2.24, 2.45) is 5.92 Å². The first kappa shape index (κ1) is 18.4. The summed E-state index contributed by atoms with van der Waals surface area (Å²) in [7, 11) is 2.49. The largest absolute Gasteiger partial charge is 0.469 e. The molecule has 0 aliphatic heterocycles. The Hall–Kier alpha value is -2.96. The third kappa shape index (κ3) is 4.53. The Morgan fingerprint density at radius 3 is 2.48 bits per heavy atom. The maximum atomic E-state index is 12.5. The van der Waals surface area contributed by atoms with Crippen LogP contribution < -0.4 is 5.32 Å². The number of ether oxygens (including phenoxy) is 2. The van der Waals surface area contributed by atoms with E-state index in [1.165, 1.54) is 14.2 Å². The van der Waals surface area contributed by atoms with E-state index in [2.05, 4.69) is 15.0 Å². The molecule has 1 heterocycles. The second kappa shape index (κ2) is 8.23. The quantitative estimate of drug-likeness (QED) is 0.802. The van der Waals surface area contributed by atoms with Gasteiger partial charge in [-0.3, -0.25) is 9.59 Å². The van der Waals surface area contributed by atoms with Crippen LogP contribution in [-0.2, 0) is 19.1 Å². The topological polar surface area (TPSA) is 94.6 Å². The van der Waals surface area contributed by atoms with E-state index in [0.29, 0.717) is 5.52 Å². The van der Waals surface area contributed by atoms with Crippen molar-refractivity contribution in [1.82, 2.24) is 10.3 Å². The SMILES string of the molecule is COC(=O)C[C@@H](C)[C@@H](NC(=O)c1ccc2ccccc2n1)C(=O)OC. The van der Waals surface area contributed by atoms with Crippen LogP contribution in [0.5, 0.6) is 0 Å². The molecule has 2 atom stereocenters. The molecule has 132 valence electrons. The smallest absolute Gasteiger partial charge is 0.328 e. The molecule has 25 heavy (non-hydrogen) atoms. The van der Waals surface area contributed by atoms with Crippen LogP contribution in [-0.4, -0.2) is 43.1 Å². The number of esters is 2. The Morgan fingerprint density at radius 2 is 1.80 bits per heavy atom. The molecule has 1 aromatic carbocycles. The number of nitrogens with one attached hydrogen (secondary N) is 1. The van der Waals surface area contributed by atoms with Crippen molar-refractivity contribution in [3.8, 4) is 0 Å². The lowest BCUT2D eigenvalue weighted by atomic mass is 9.98. The fourth-order valence-corrected chi connectivity index (χ4v) is 2.43. The molecule has 0 aliphatic rings. The Balaban J connectivity index is 2.19. The normalized spacial score (nSPS) is 12.9. The number of hydrogen-bond acceptors (Lipinski definition) is 6. The van der Waals surface area contributed by atoms with Crippen LogP contribution in [0, 0.1) is 5.92 Å². The summed E-state index contributed by atoms with van der Waals surface area (Å²) in [6.07, 6.45) is -0.0261. The van der Waals surface area contributed by atoms with Gasteiger partial charge < -0.3 is 14.8 Å². The summed E-state index contributed by atoms with van der Waals surface area (Å²) < 4.78 is 9.34. The highest BCUT2D eigenvalue weighted by Gasteiger charge is 2.30. The number of para-hydroxylation sites is 1. The van der Waals surface area contributed by atoms with E-state index in [0.717, 1.165) is 5.39 Å². The maximum absolute atomic E-state index is 12.5. The number of fused-ring (bicyclic) bond motifs is 1. The zero-order valence-corrected chi connectivity index (χ0v) is 14.3. The molecule has 2 aromatic rings. The van der Waals surface area contributed by atoms with Gasteiger partial charge in [0.2, 0.25) is 0 Å². The summed E-state index contributed by atoms with van der Waals surface area (Å²) in [5.41, 5.74) is 0.852. The Kier molecular flexibility index (Phi) is 6.05. The monoisotopic (exact) mass is 344 g/mol. The summed E-state index contributed by atoms with van der Waals surface area (Å²) in [5.74, 6) is -2.12. The van der Waals surface area contributed by atoms with Crippen molar-refractivity contribution in [3.63, 3.8) is 0 Å². The van der Waals surface area contributed by atoms with Gasteiger partial charge in [-0.25, -0.2) is 9.78 Å². The number of methoxy groups -OCH3 is 2. The van der Waals surface area contributed by atoms with Gasteiger partial charge in [-0.05, 0) is 18.1 Å². The zero-order valence-electron chi connectivity index (χ0n) is 14.3. The molecule has 0 radical (unpaired) electrons. The van der Waals surface area contributed by atoms with Crippen molar-refractivity contribution >= 4 is 28.7 Å². The van der Waals surface area contributed by atoms with Gasteiger partial charge in [0.25, 0.3) is 5.91 Å². The van der Waals surface area contributed by atoms with Crippen molar-refractivity contribution in [1.29, 1.82) is 0 Å². The Morgan fingerprint density at radius 1 is 1.08 bits per heavy atom. The molecule has 1 N–H and O–H groups in total. The predicted octanol–water partition coefficient (Wildman–Crippen LogP) is 1.71. The number of carbonyl (C=O) groups excluding carboxylic acids is 3. The summed E-state index contributed by atoms with van der Waals surface area (Å²) in [6.45, 7) is 1.66. The van der Waals surface area contributed by atoms with Gasteiger partial charge in [0, 0.05) is 5.39 Å². The molecule has 2 rings (SSSR count). The molecule has 0 saturated carbocycles. The van der Waals surface area contributed by atoms with Gasteiger partial charge in [-0.1, -0.05) is 31.2 Å². The lowest BCUT2D eigenvalue weighted by molar-refractivity contribution is -0.146. The lowest BCUT2D eigenvalue weighted by Gasteiger charge is -2.22. The van der Waals surface area contributed by atoms with Gasteiger partial charge >= 0.3 is 11.9 Å². The average Bonchev–Trinajstić information content (AvgIpc) is 2.64. The predicted molar refractivity (Wildman–Crippen MR) is 90.8 cm³/mol. The van der Waals surface area contributed by atoms with Crippen molar-refractivity contribution in [2.45, 2.75) is 19.4 Å². The molecular weight excluding hydrogens is 324 g/mol.